The van der Waals surface area contributed by atoms with Gasteiger partial charge in [-0.1, -0.05) is 26.5 Å². The fourth-order valence-corrected chi connectivity index (χ4v) is 5.73. The van der Waals surface area contributed by atoms with Gasteiger partial charge < -0.3 is 14.7 Å². The molecule has 0 aliphatic carbocycles. The maximum Gasteiger partial charge on any atom is 0.349 e. The first-order valence-electron chi connectivity index (χ1n) is 12.6. The van der Waals surface area contributed by atoms with Crippen molar-refractivity contribution in [1.29, 1.82) is 0 Å². The van der Waals surface area contributed by atoms with Crippen LogP contribution in [0.4, 0.5) is 0 Å². The molecule has 7 heteroatoms. The molecule has 0 unspecified atom stereocenters. The van der Waals surface area contributed by atoms with Crippen LogP contribution in [0, 0.1) is 6.92 Å². The van der Waals surface area contributed by atoms with Crippen molar-refractivity contribution in [2.45, 2.75) is 53.4 Å². The first-order chi connectivity index (χ1) is 17.7. The average molecular weight is 493 g/mol. The maximum atomic E-state index is 13.0. The summed E-state index contributed by atoms with van der Waals surface area (Å²) < 4.78 is 5.21. The average Bonchev–Trinajstić information content (AvgIpc) is 3.54. The summed E-state index contributed by atoms with van der Waals surface area (Å²) in [6, 6.07) is 6.03. The number of esters is 2. The summed E-state index contributed by atoms with van der Waals surface area (Å²) in [5, 5.41) is 0. The summed E-state index contributed by atoms with van der Waals surface area (Å²) in [6.07, 6.45) is 3.25. The number of carbonyl (C=O) groups is 2. The van der Waals surface area contributed by atoms with Gasteiger partial charge in [-0.15, -0.1) is 0 Å². The maximum absolute atomic E-state index is 13.0. The molecule has 2 N–H and O–H groups in total. The van der Waals surface area contributed by atoms with Gasteiger partial charge in [-0.05, 0) is 74.1 Å². The molecular formula is C30H28N4O3. The van der Waals surface area contributed by atoms with Crippen LogP contribution in [0.5, 0.6) is 0 Å². The number of aryl methyl sites for hydroxylation is 1. The fraction of sp³-hybridized carbons (Fsp3) is 0.267. The molecule has 8 bridgehead atoms. The van der Waals surface area contributed by atoms with Crippen molar-refractivity contribution in [1.82, 2.24) is 19.9 Å². The second-order valence-corrected chi connectivity index (χ2v) is 10.0. The molecule has 0 aromatic carbocycles. The van der Waals surface area contributed by atoms with Gasteiger partial charge in [0.2, 0.25) is 0 Å². The molecule has 37 heavy (non-hydrogen) atoms. The van der Waals surface area contributed by atoms with E-state index >= 15 is 0 Å². The number of H-pyrrole nitrogens is 2. The van der Waals surface area contributed by atoms with Crippen molar-refractivity contribution in [3.05, 3.63) is 81.7 Å². The van der Waals surface area contributed by atoms with E-state index in [0.717, 1.165) is 74.0 Å². The van der Waals surface area contributed by atoms with Crippen LogP contribution < -0.4 is 0 Å². The first-order valence-corrected chi connectivity index (χ1v) is 12.6. The minimum Gasteiger partial charge on any atom is -0.386 e. The van der Waals surface area contributed by atoms with Crippen LogP contribution >= 0.6 is 0 Å². The molecule has 7 nitrogen and oxygen atoms in total. The Morgan fingerprint density at radius 3 is 2.41 bits per heavy atom. The Hall–Kier alpha value is -4.26. The van der Waals surface area contributed by atoms with Crippen molar-refractivity contribution < 1.29 is 14.3 Å². The van der Waals surface area contributed by atoms with E-state index in [2.05, 4.69) is 37.3 Å². The number of nitrogens with zero attached hydrogens (tertiary/aromatic N) is 2. The van der Waals surface area contributed by atoms with Gasteiger partial charge >= 0.3 is 11.9 Å². The van der Waals surface area contributed by atoms with Gasteiger partial charge in [0.15, 0.2) is 0 Å². The van der Waals surface area contributed by atoms with Gasteiger partial charge in [-0.2, -0.15) is 0 Å². The lowest BCUT2D eigenvalue weighted by atomic mass is 9.99. The molecule has 1 atom stereocenters. The Morgan fingerprint density at radius 2 is 1.68 bits per heavy atom. The molecule has 0 amide bonds. The number of rotatable bonds is 2. The van der Waals surface area contributed by atoms with Gasteiger partial charge in [0, 0.05) is 28.4 Å². The lowest BCUT2D eigenvalue weighted by Gasteiger charge is -2.11. The van der Waals surface area contributed by atoms with Crippen LogP contribution in [-0.2, 0) is 11.2 Å². The quantitative estimate of drug-likeness (QED) is 0.370. The van der Waals surface area contributed by atoms with Crippen LogP contribution in [0.25, 0.3) is 33.3 Å². The van der Waals surface area contributed by atoms with E-state index in [1.807, 2.05) is 38.1 Å². The fourth-order valence-electron chi connectivity index (χ4n) is 5.73. The molecular weight excluding hydrogens is 464 g/mol. The van der Waals surface area contributed by atoms with Crippen molar-refractivity contribution in [3.8, 4) is 0 Å². The van der Waals surface area contributed by atoms with Gasteiger partial charge in [0.25, 0.3) is 0 Å². The summed E-state index contributed by atoms with van der Waals surface area (Å²) in [5.41, 5.74) is 12.0. The number of aromatic amines is 2. The highest BCUT2D eigenvalue weighted by molar-refractivity contribution is 6.18. The van der Waals surface area contributed by atoms with Crippen LogP contribution in [0.1, 0.15) is 100 Å². The van der Waals surface area contributed by atoms with E-state index in [9.17, 15) is 9.59 Å². The van der Waals surface area contributed by atoms with Gasteiger partial charge in [-0.3, -0.25) is 0 Å². The third-order valence-corrected chi connectivity index (χ3v) is 7.87. The molecule has 6 heterocycles. The number of fused-ring (bicyclic) bond motifs is 8. The standard InChI is InChI=1S/C30H28N4O3/c1-7-17-14(4)20-10-19-13(3)9-25(31-19)27-28-26(29(35)37-30(27)36)16(6)22(34-28)12-24-18(8-2)15(5)21(33-24)11-23(17)32-20/h7,10-13,31,34H,1,8-9H2,2-6H3/t13-/m0/s1. The number of aromatic nitrogens is 4. The second-order valence-electron chi connectivity index (χ2n) is 10.0. The topological polar surface area (TPSA) is 101 Å². The normalized spacial score (nSPS) is 17.8. The van der Waals surface area contributed by atoms with Crippen LogP contribution in [-0.4, -0.2) is 31.9 Å². The van der Waals surface area contributed by atoms with Gasteiger partial charge in [0.1, 0.15) is 5.56 Å². The summed E-state index contributed by atoms with van der Waals surface area (Å²) >= 11 is 0. The molecule has 0 radical (unpaired) electrons. The zero-order valence-electron chi connectivity index (χ0n) is 21.6. The van der Waals surface area contributed by atoms with Crippen molar-refractivity contribution >= 4 is 45.3 Å². The summed E-state index contributed by atoms with van der Waals surface area (Å²) in [5.74, 6) is -1.15. The summed E-state index contributed by atoms with van der Waals surface area (Å²) in [4.78, 5) is 42.6. The molecule has 4 aliphatic heterocycles. The lowest BCUT2D eigenvalue weighted by Crippen LogP contribution is -2.20. The highest BCUT2D eigenvalue weighted by Gasteiger charge is 2.33. The molecule has 0 saturated heterocycles. The van der Waals surface area contributed by atoms with Crippen molar-refractivity contribution in [2.24, 2.45) is 0 Å². The highest BCUT2D eigenvalue weighted by atomic mass is 16.6. The summed E-state index contributed by atoms with van der Waals surface area (Å²) in [6.45, 7) is 14.2. The van der Waals surface area contributed by atoms with Crippen molar-refractivity contribution in [3.63, 3.8) is 0 Å². The van der Waals surface area contributed by atoms with Crippen molar-refractivity contribution in [2.75, 3.05) is 0 Å². The third kappa shape index (κ3) is 3.34. The SMILES string of the molecule is C=CC1=C(C)c2cc3[nH]c(c4c5[nH]c(cc6nc(cc1n2)C(C)=C6CC)c(C)c5C(=O)OC4=O)C[C@@H]3C. The van der Waals surface area contributed by atoms with Crippen LogP contribution in [0.2, 0.25) is 0 Å². The minimum absolute atomic E-state index is 0.123. The Kier molecular flexibility index (Phi) is 5.09. The van der Waals surface area contributed by atoms with Crippen LogP contribution in [0.3, 0.4) is 0 Å². The molecule has 186 valence electrons. The number of ether oxygens (including phenoxy) is 1. The number of nitrogens with one attached hydrogen (secondary N) is 2. The predicted molar refractivity (Wildman–Crippen MR) is 144 cm³/mol. The third-order valence-electron chi connectivity index (χ3n) is 7.87. The first kappa shape index (κ1) is 23.2. The monoisotopic (exact) mass is 492 g/mol. The Morgan fingerprint density at radius 1 is 0.973 bits per heavy atom. The lowest BCUT2D eigenvalue weighted by molar-refractivity contribution is 0.0389. The van der Waals surface area contributed by atoms with Crippen LogP contribution in [0.15, 0.2) is 30.9 Å². The number of hydrogen-bond acceptors (Lipinski definition) is 5. The van der Waals surface area contributed by atoms with E-state index in [4.69, 9.17) is 14.7 Å². The molecule has 0 saturated carbocycles. The molecule has 0 fully saturated rings. The molecule has 0 spiro atoms. The van der Waals surface area contributed by atoms with E-state index < -0.39 is 11.9 Å². The van der Waals surface area contributed by atoms with E-state index in [-0.39, 0.29) is 5.92 Å². The predicted octanol–water partition coefficient (Wildman–Crippen LogP) is 6.46. The highest BCUT2D eigenvalue weighted by Crippen LogP contribution is 2.38. The Bertz CT molecular complexity index is 1710. The Balaban J connectivity index is 1.82. The zero-order valence-corrected chi connectivity index (χ0v) is 21.6. The zero-order chi connectivity index (χ0) is 26.2. The van der Waals surface area contributed by atoms with Gasteiger partial charge in [-0.25, -0.2) is 19.6 Å². The minimum atomic E-state index is -0.644. The van der Waals surface area contributed by atoms with E-state index in [1.54, 1.807) is 0 Å². The largest absolute Gasteiger partial charge is 0.386 e. The number of carbonyl (C=O) groups excluding carboxylic acids is 2. The number of allylic oxidation sites excluding steroid dienone is 5. The smallest absolute Gasteiger partial charge is 0.349 e. The Labute approximate surface area is 214 Å². The van der Waals surface area contributed by atoms with E-state index in [1.165, 1.54) is 0 Å². The van der Waals surface area contributed by atoms with Gasteiger partial charge in [0.05, 0.1) is 33.9 Å². The second kappa shape index (κ2) is 8.13. The molecule has 6 rings (SSSR count). The molecule has 4 aliphatic rings. The number of hydrogen-bond donors (Lipinski definition) is 2. The number of cyclic esters (lactones) is 2. The van der Waals surface area contributed by atoms with E-state index in [0.29, 0.717) is 23.1 Å². The molecule has 2 aromatic rings. The summed E-state index contributed by atoms with van der Waals surface area (Å²) in [7, 11) is 0. The molecule has 2 aromatic heterocycles.